The van der Waals surface area contributed by atoms with Gasteiger partial charge >= 0.3 is 0 Å². The van der Waals surface area contributed by atoms with Gasteiger partial charge in [-0.3, -0.25) is 4.90 Å². The van der Waals surface area contributed by atoms with Crippen LogP contribution in [-0.4, -0.2) is 47.7 Å². The molecule has 158 valence electrons. The van der Waals surface area contributed by atoms with Crippen molar-refractivity contribution in [3.05, 3.63) is 83.6 Å². The average Bonchev–Trinajstić information content (AvgIpc) is 2.72. The molecule has 0 aliphatic carbocycles. The molecular formula is C25H36N2O2. The molecule has 3 rings (SSSR count). The van der Waals surface area contributed by atoms with Crippen LogP contribution in [0.5, 0.6) is 0 Å². The van der Waals surface area contributed by atoms with E-state index in [-0.39, 0.29) is 5.48 Å². The van der Waals surface area contributed by atoms with E-state index in [1.165, 1.54) is 35.7 Å². The van der Waals surface area contributed by atoms with E-state index in [1.807, 2.05) is 0 Å². The molecule has 4 heteroatoms. The SMILES string of the molecule is C=C1[C@H](c2ccc(Cc3ccccc3)cc2)N(CC)CCN1CCC.CC=O.O. The van der Waals surface area contributed by atoms with E-state index < -0.39 is 0 Å². The average molecular weight is 397 g/mol. The Morgan fingerprint density at radius 3 is 2.14 bits per heavy atom. The van der Waals surface area contributed by atoms with Gasteiger partial charge in [-0.1, -0.05) is 75.0 Å². The first-order valence-electron chi connectivity index (χ1n) is 10.3. The molecule has 1 aliphatic rings. The largest absolute Gasteiger partial charge is 0.412 e. The standard InChI is InChI=1S/C23H30N2.C2H4O.H2O/c1-4-15-25-17-16-24(5-2)23(19(25)3)22-13-11-21(12-14-22)18-20-9-7-6-8-10-20;1-2-3;/h6-14,23H,3-5,15-18H2,1-2H3;2H,1H3;1H2/t23-;;/m1../s1. The highest BCUT2D eigenvalue weighted by Crippen LogP contribution is 2.33. The molecule has 4 nitrogen and oxygen atoms in total. The maximum atomic E-state index is 8.81. The maximum absolute atomic E-state index is 8.81. The highest BCUT2D eigenvalue weighted by atomic mass is 16.1. The number of nitrogens with zero attached hydrogens (tertiary/aromatic N) is 2. The monoisotopic (exact) mass is 396 g/mol. The lowest BCUT2D eigenvalue weighted by Crippen LogP contribution is -2.46. The number of piperazine rings is 1. The summed E-state index contributed by atoms with van der Waals surface area (Å²) in [6.07, 6.45) is 2.92. The predicted octanol–water partition coefficient (Wildman–Crippen LogP) is 4.26. The number of likely N-dealkylation sites (N-methyl/N-ethyl adjacent to an activating group) is 1. The Hall–Kier alpha value is -2.43. The number of hydrogen-bond donors (Lipinski definition) is 0. The van der Waals surface area contributed by atoms with Crippen molar-refractivity contribution < 1.29 is 10.3 Å². The van der Waals surface area contributed by atoms with Gasteiger partial charge in [-0.05, 0) is 43.0 Å². The van der Waals surface area contributed by atoms with Crippen molar-refractivity contribution >= 4 is 6.29 Å². The second kappa shape index (κ2) is 12.9. The number of rotatable bonds is 6. The van der Waals surface area contributed by atoms with Crippen LogP contribution < -0.4 is 0 Å². The third-order valence-corrected chi connectivity index (χ3v) is 5.19. The van der Waals surface area contributed by atoms with Crippen LogP contribution in [0.25, 0.3) is 0 Å². The zero-order chi connectivity index (χ0) is 20.4. The molecule has 0 bridgehead atoms. The molecule has 2 aromatic carbocycles. The van der Waals surface area contributed by atoms with Crippen LogP contribution in [0.3, 0.4) is 0 Å². The minimum atomic E-state index is 0. The van der Waals surface area contributed by atoms with Crippen molar-refractivity contribution in [3.63, 3.8) is 0 Å². The van der Waals surface area contributed by atoms with Crippen molar-refractivity contribution in [2.24, 2.45) is 0 Å². The van der Waals surface area contributed by atoms with Gasteiger partial charge in [0, 0.05) is 25.3 Å². The Morgan fingerprint density at radius 2 is 1.59 bits per heavy atom. The molecule has 0 radical (unpaired) electrons. The molecule has 1 saturated heterocycles. The van der Waals surface area contributed by atoms with Gasteiger partial charge in [-0.15, -0.1) is 0 Å². The summed E-state index contributed by atoms with van der Waals surface area (Å²) in [4.78, 5) is 13.8. The fraction of sp³-hybridized carbons (Fsp3) is 0.400. The number of aldehydes is 1. The summed E-state index contributed by atoms with van der Waals surface area (Å²) in [6, 6.07) is 20.1. The Balaban J connectivity index is 0.000000990. The second-order valence-electron chi connectivity index (χ2n) is 7.15. The summed E-state index contributed by atoms with van der Waals surface area (Å²) in [5, 5.41) is 0. The van der Waals surface area contributed by atoms with Crippen LogP contribution in [0.4, 0.5) is 0 Å². The first-order valence-corrected chi connectivity index (χ1v) is 10.3. The lowest BCUT2D eigenvalue weighted by atomic mass is 9.96. The number of hydrogen-bond acceptors (Lipinski definition) is 3. The predicted molar refractivity (Wildman–Crippen MR) is 122 cm³/mol. The zero-order valence-electron chi connectivity index (χ0n) is 18.1. The molecule has 1 heterocycles. The first-order chi connectivity index (χ1) is 13.6. The Bertz CT molecular complexity index is 728. The third-order valence-electron chi connectivity index (χ3n) is 5.19. The van der Waals surface area contributed by atoms with Crippen LogP contribution in [-0.2, 0) is 11.2 Å². The van der Waals surface area contributed by atoms with Gasteiger partial charge in [0.2, 0.25) is 0 Å². The fourth-order valence-corrected chi connectivity index (χ4v) is 3.82. The van der Waals surface area contributed by atoms with Crippen LogP contribution >= 0.6 is 0 Å². The normalized spacial score (nSPS) is 16.4. The molecular weight excluding hydrogens is 360 g/mol. The van der Waals surface area contributed by atoms with Crippen LogP contribution in [0.1, 0.15) is 49.9 Å². The molecule has 0 aromatic heterocycles. The van der Waals surface area contributed by atoms with Crippen LogP contribution in [0.15, 0.2) is 66.9 Å². The van der Waals surface area contributed by atoms with Gasteiger partial charge in [0.15, 0.2) is 0 Å². The van der Waals surface area contributed by atoms with E-state index in [1.54, 1.807) is 0 Å². The van der Waals surface area contributed by atoms with Crippen LogP contribution in [0.2, 0.25) is 0 Å². The minimum Gasteiger partial charge on any atom is -0.412 e. The van der Waals surface area contributed by atoms with Crippen molar-refractivity contribution in [1.29, 1.82) is 0 Å². The van der Waals surface area contributed by atoms with Gasteiger partial charge in [0.05, 0.1) is 6.04 Å². The minimum absolute atomic E-state index is 0. The molecule has 2 aromatic rings. The molecule has 0 spiro atoms. The lowest BCUT2D eigenvalue weighted by Gasteiger charge is -2.44. The molecule has 1 aliphatic heterocycles. The van der Waals surface area contributed by atoms with E-state index in [4.69, 9.17) is 4.79 Å². The summed E-state index contributed by atoms with van der Waals surface area (Å²) < 4.78 is 0. The molecule has 1 fully saturated rings. The van der Waals surface area contributed by atoms with Gasteiger partial charge in [-0.25, -0.2) is 0 Å². The van der Waals surface area contributed by atoms with E-state index in [9.17, 15) is 0 Å². The number of carbonyl (C=O) groups is 1. The Labute approximate surface area is 176 Å². The highest BCUT2D eigenvalue weighted by molar-refractivity contribution is 5.44. The van der Waals surface area contributed by atoms with Crippen molar-refractivity contribution in [1.82, 2.24) is 9.80 Å². The fourth-order valence-electron chi connectivity index (χ4n) is 3.82. The highest BCUT2D eigenvalue weighted by Gasteiger charge is 2.29. The topological polar surface area (TPSA) is 55.0 Å². The third kappa shape index (κ3) is 6.84. The Morgan fingerprint density at radius 1 is 1.00 bits per heavy atom. The van der Waals surface area contributed by atoms with Gasteiger partial charge < -0.3 is 15.2 Å². The van der Waals surface area contributed by atoms with Gasteiger partial charge in [0.25, 0.3) is 0 Å². The van der Waals surface area contributed by atoms with E-state index in [2.05, 4.69) is 84.8 Å². The van der Waals surface area contributed by atoms with Crippen LogP contribution in [0, 0.1) is 0 Å². The lowest BCUT2D eigenvalue weighted by molar-refractivity contribution is -0.106. The maximum Gasteiger partial charge on any atom is 0.116 e. The van der Waals surface area contributed by atoms with Crippen molar-refractivity contribution in [2.75, 3.05) is 26.2 Å². The first kappa shape index (κ1) is 24.6. The second-order valence-corrected chi connectivity index (χ2v) is 7.15. The zero-order valence-corrected chi connectivity index (χ0v) is 18.1. The van der Waals surface area contributed by atoms with Gasteiger partial charge in [0.1, 0.15) is 6.29 Å². The summed E-state index contributed by atoms with van der Waals surface area (Å²) in [5.41, 5.74) is 5.35. The summed E-state index contributed by atoms with van der Waals surface area (Å²) in [6.45, 7) is 14.8. The molecule has 29 heavy (non-hydrogen) atoms. The number of carbonyl (C=O) groups excluding carboxylic acids is 1. The molecule has 2 N–H and O–H groups in total. The Kier molecular flexibility index (Phi) is 11.0. The van der Waals surface area contributed by atoms with Gasteiger partial charge in [-0.2, -0.15) is 0 Å². The molecule has 0 saturated carbocycles. The summed E-state index contributed by atoms with van der Waals surface area (Å²) in [7, 11) is 0. The van der Waals surface area contributed by atoms with E-state index in [0.29, 0.717) is 6.04 Å². The van der Waals surface area contributed by atoms with Crippen molar-refractivity contribution in [3.8, 4) is 0 Å². The van der Waals surface area contributed by atoms with E-state index in [0.717, 1.165) is 38.9 Å². The van der Waals surface area contributed by atoms with E-state index >= 15 is 0 Å². The van der Waals surface area contributed by atoms with Crippen molar-refractivity contribution in [2.45, 2.75) is 39.7 Å². The summed E-state index contributed by atoms with van der Waals surface area (Å²) in [5.74, 6) is 0. The number of benzene rings is 2. The summed E-state index contributed by atoms with van der Waals surface area (Å²) >= 11 is 0. The molecule has 0 unspecified atom stereocenters. The molecule has 1 atom stereocenters. The molecule has 0 amide bonds. The smallest absolute Gasteiger partial charge is 0.116 e. The quantitative estimate of drug-likeness (QED) is 0.686.